The zero-order valence-corrected chi connectivity index (χ0v) is 11.4. The lowest BCUT2D eigenvalue weighted by Gasteiger charge is -2.35. The normalized spacial score (nSPS) is 23.2. The van der Waals surface area contributed by atoms with Crippen molar-refractivity contribution in [2.45, 2.75) is 19.1 Å². The predicted octanol–water partition coefficient (Wildman–Crippen LogP) is 1.01. The Morgan fingerprint density at radius 3 is 2.75 bits per heavy atom. The number of ether oxygens (including phenoxy) is 1. The Hall–Kier alpha value is -1.85. The van der Waals surface area contributed by atoms with Crippen molar-refractivity contribution in [3.8, 4) is 5.75 Å². The molecule has 5 heteroatoms. The highest BCUT2D eigenvalue weighted by Crippen LogP contribution is 2.13. The third-order valence-corrected chi connectivity index (χ3v) is 3.15. The van der Waals surface area contributed by atoms with Crippen LogP contribution in [0.5, 0.6) is 5.75 Å². The molecule has 0 aromatic heterocycles. The third-order valence-electron chi connectivity index (χ3n) is 3.15. The van der Waals surface area contributed by atoms with Gasteiger partial charge in [-0.25, -0.2) is 0 Å². The molecule has 0 aliphatic carbocycles. The number of rotatable bonds is 3. The van der Waals surface area contributed by atoms with E-state index in [-0.39, 0.29) is 30.5 Å². The van der Waals surface area contributed by atoms with Crippen molar-refractivity contribution in [1.82, 2.24) is 4.90 Å². The maximum absolute atomic E-state index is 12.1. The minimum absolute atomic E-state index is 0.0769. The first kappa shape index (κ1) is 14.6. The first-order valence-electron chi connectivity index (χ1n) is 6.61. The van der Waals surface area contributed by atoms with Gasteiger partial charge in [-0.1, -0.05) is 12.1 Å². The Balaban J connectivity index is 1.98. The summed E-state index contributed by atoms with van der Waals surface area (Å²) in [7, 11) is 0. The van der Waals surface area contributed by atoms with E-state index in [0.717, 1.165) is 5.56 Å². The van der Waals surface area contributed by atoms with Gasteiger partial charge in [-0.15, -0.1) is 0 Å². The summed E-state index contributed by atoms with van der Waals surface area (Å²) in [5.41, 5.74) is 0.844. The largest absolute Gasteiger partial charge is 0.508 e. The molecule has 108 valence electrons. The van der Waals surface area contributed by atoms with Crippen LogP contribution in [0.15, 0.2) is 30.3 Å². The summed E-state index contributed by atoms with van der Waals surface area (Å²) < 4.78 is 5.50. The molecule has 1 aromatic rings. The quantitative estimate of drug-likeness (QED) is 0.809. The molecule has 1 aliphatic rings. The number of phenolic OH excluding ortho intramolecular Hbond substituents is 1. The maximum Gasteiger partial charge on any atom is 0.246 e. The zero-order valence-electron chi connectivity index (χ0n) is 11.4. The highest BCUT2D eigenvalue weighted by atomic mass is 16.5. The minimum atomic E-state index is -0.315. The topological polar surface area (TPSA) is 70.0 Å². The standard InChI is InChI=1S/C15H19NO4/c1-11-8-16(9-14(10-17)20-11)15(19)7-4-12-2-5-13(18)6-3-12/h2-7,11,14,17-18H,8-10H2,1H3/b7-4+. The molecule has 1 saturated heterocycles. The minimum Gasteiger partial charge on any atom is -0.508 e. The van der Waals surface area contributed by atoms with Gasteiger partial charge in [-0.05, 0) is 30.7 Å². The molecule has 1 amide bonds. The van der Waals surface area contributed by atoms with Crippen LogP contribution in [-0.2, 0) is 9.53 Å². The van der Waals surface area contributed by atoms with Gasteiger partial charge in [-0.2, -0.15) is 0 Å². The first-order valence-corrected chi connectivity index (χ1v) is 6.61. The number of hydrogen-bond donors (Lipinski definition) is 2. The number of aliphatic hydroxyl groups excluding tert-OH is 1. The van der Waals surface area contributed by atoms with Crippen LogP contribution in [0.3, 0.4) is 0 Å². The number of morpholine rings is 1. The van der Waals surface area contributed by atoms with E-state index in [2.05, 4.69) is 0 Å². The van der Waals surface area contributed by atoms with E-state index in [4.69, 9.17) is 9.84 Å². The molecule has 1 aromatic carbocycles. The SMILES string of the molecule is CC1CN(C(=O)/C=C/c2ccc(O)cc2)CC(CO)O1. The number of aliphatic hydroxyl groups is 1. The van der Waals surface area contributed by atoms with Crippen molar-refractivity contribution < 1.29 is 19.7 Å². The third kappa shape index (κ3) is 3.82. The number of amides is 1. The van der Waals surface area contributed by atoms with E-state index in [1.54, 1.807) is 35.2 Å². The average molecular weight is 277 g/mol. The van der Waals surface area contributed by atoms with Crippen LogP contribution in [-0.4, -0.2) is 52.9 Å². The maximum atomic E-state index is 12.1. The Morgan fingerprint density at radius 2 is 2.10 bits per heavy atom. The van der Waals surface area contributed by atoms with Crippen molar-refractivity contribution in [3.05, 3.63) is 35.9 Å². The Kier molecular flexibility index (Phi) is 4.76. The molecule has 1 heterocycles. The summed E-state index contributed by atoms with van der Waals surface area (Å²) in [6.07, 6.45) is 2.81. The number of phenols is 1. The fourth-order valence-electron chi connectivity index (χ4n) is 2.18. The van der Waals surface area contributed by atoms with Crippen LogP contribution in [0.1, 0.15) is 12.5 Å². The fourth-order valence-corrected chi connectivity index (χ4v) is 2.18. The first-order chi connectivity index (χ1) is 9.58. The van der Waals surface area contributed by atoms with Crippen LogP contribution in [0, 0.1) is 0 Å². The fraction of sp³-hybridized carbons (Fsp3) is 0.400. The molecule has 2 atom stereocenters. The van der Waals surface area contributed by atoms with Gasteiger partial charge in [0.15, 0.2) is 0 Å². The molecular formula is C15H19NO4. The molecule has 0 spiro atoms. The molecule has 1 aliphatic heterocycles. The molecule has 0 saturated carbocycles. The number of aromatic hydroxyl groups is 1. The molecule has 0 bridgehead atoms. The highest BCUT2D eigenvalue weighted by Gasteiger charge is 2.26. The molecule has 0 radical (unpaired) electrons. The number of carbonyl (C=O) groups is 1. The van der Waals surface area contributed by atoms with E-state index >= 15 is 0 Å². The summed E-state index contributed by atoms with van der Waals surface area (Å²) in [5.74, 6) is 0.0907. The predicted molar refractivity (Wildman–Crippen MR) is 75.1 cm³/mol. The lowest BCUT2D eigenvalue weighted by Crippen LogP contribution is -2.49. The Morgan fingerprint density at radius 1 is 1.40 bits per heavy atom. The van der Waals surface area contributed by atoms with Crippen molar-refractivity contribution in [2.24, 2.45) is 0 Å². The highest BCUT2D eigenvalue weighted by molar-refractivity contribution is 5.91. The average Bonchev–Trinajstić information content (AvgIpc) is 2.45. The van der Waals surface area contributed by atoms with Crippen molar-refractivity contribution in [3.63, 3.8) is 0 Å². The van der Waals surface area contributed by atoms with E-state index in [1.807, 2.05) is 6.92 Å². The van der Waals surface area contributed by atoms with E-state index in [1.165, 1.54) is 6.08 Å². The van der Waals surface area contributed by atoms with Crippen LogP contribution in [0.25, 0.3) is 6.08 Å². The number of carbonyl (C=O) groups excluding carboxylic acids is 1. The van der Waals surface area contributed by atoms with E-state index < -0.39 is 0 Å². The number of benzene rings is 1. The summed E-state index contributed by atoms with van der Waals surface area (Å²) in [6, 6.07) is 6.61. The second-order valence-corrected chi connectivity index (χ2v) is 4.92. The molecule has 2 rings (SSSR count). The van der Waals surface area contributed by atoms with Gasteiger partial charge in [-0.3, -0.25) is 4.79 Å². The molecule has 1 fully saturated rings. The van der Waals surface area contributed by atoms with Crippen molar-refractivity contribution >= 4 is 12.0 Å². The van der Waals surface area contributed by atoms with E-state index in [9.17, 15) is 9.90 Å². The molecular weight excluding hydrogens is 258 g/mol. The molecule has 2 N–H and O–H groups in total. The van der Waals surface area contributed by atoms with Crippen molar-refractivity contribution in [1.29, 1.82) is 0 Å². The summed E-state index contributed by atoms with van der Waals surface area (Å²) in [6.45, 7) is 2.72. The van der Waals surface area contributed by atoms with Crippen LogP contribution in [0.4, 0.5) is 0 Å². The summed E-state index contributed by atoms with van der Waals surface area (Å²) in [4.78, 5) is 13.8. The monoisotopic (exact) mass is 277 g/mol. The van der Waals surface area contributed by atoms with Gasteiger partial charge in [0, 0.05) is 19.2 Å². The number of hydrogen-bond acceptors (Lipinski definition) is 4. The van der Waals surface area contributed by atoms with Gasteiger partial charge in [0.2, 0.25) is 5.91 Å². The van der Waals surface area contributed by atoms with E-state index in [0.29, 0.717) is 13.1 Å². The molecule has 5 nitrogen and oxygen atoms in total. The summed E-state index contributed by atoms with van der Waals surface area (Å²) in [5, 5.41) is 18.3. The Labute approximate surface area is 118 Å². The second-order valence-electron chi connectivity index (χ2n) is 4.92. The smallest absolute Gasteiger partial charge is 0.246 e. The zero-order chi connectivity index (χ0) is 14.5. The van der Waals surface area contributed by atoms with Gasteiger partial charge in [0.25, 0.3) is 0 Å². The summed E-state index contributed by atoms with van der Waals surface area (Å²) >= 11 is 0. The molecule has 2 unspecified atom stereocenters. The number of nitrogens with zero attached hydrogens (tertiary/aromatic N) is 1. The second kappa shape index (κ2) is 6.54. The van der Waals surface area contributed by atoms with Crippen LogP contribution in [0.2, 0.25) is 0 Å². The Bertz CT molecular complexity index is 483. The van der Waals surface area contributed by atoms with Crippen molar-refractivity contribution in [2.75, 3.05) is 19.7 Å². The van der Waals surface area contributed by atoms with Gasteiger partial charge in [0.05, 0.1) is 18.8 Å². The van der Waals surface area contributed by atoms with Crippen LogP contribution < -0.4 is 0 Å². The van der Waals surface area contributed by atoms with Gasteiger partial charge < -0.3 is 19.8 Å². The van der Waals surface area contributed by atoms with Crippen LogP contribution >= 0.6 is 0 Å². The molecule has 20 heavy (non-hydrogen) atoms. The van der Waals surface area contributed by atoms with Gasteiger partial charge >= 0.3 is 0 Å². The van der Waals surface area contributed by atoms with Gasteiger partial charge in [0.1, 0.15) is 5.75 Å². The lowest BCUT2D eigenvalue weighted by atomic mass is 10.2. The lowest BCUT2D eigenvalue weighted by molar-refractivity contribution is -0.142.